The van der Waals surface area contributed by atoms with Gasteiger partial charge in [0.15, 0.2) is 0 Å². The van der Waals surface area contributed by atoms with Crippen LogP contribution in [-0.2, 0) is 22.2 Å². The summed E-state index contributed by atoms with van der Waals surface area (Å²) >= 11 is 5.64. The van der Waals surface area contributed by atoms with Crippen LogP contribution in [0.1, 0.15) is 18.1 Å². The van der Waals surface area contributed by atoms with E-state index in [1.165, 1.54) is 17.9 Å². The summed E-state index contributed by atoms with van der Waals surface area (Å²) < 4.78 is 39.5. The van der Waals surface area contributed by atoms with E-state index >= 15 is 0 Å². The third-order valence-electron chi connectivity index (χ3n) is 4.13. The Morgan fingerprint density at radius 2 is 1.72 bits per heavy atom. The molecule has 0 aromatic heterocycles. The van der Waals surface area contributed by atoms with Crippen molar-refractivity contribution in [1.29, 1.82) is 0 Å². The maximum atomic E-state index is 13.2. The van der Waals surface area contributed by atoms with Gasteiger partial charge in [-0.3, -0.25) is 9.59 Å². The van der Waals surface area contributed by atoms with Crippen molar-refractivity contribution in [2.24, 2.45) is 0 Å². The lowest BCUT2D eigenvalue weighted by molar-refractivity contribution is -0.137. The van der Waals surface area contributed by atoms with Gasteiger partial charge in [-0.2, -0.15) is 13.2 Å². The molecule has 29 heavy (non-hydrogen) atoms. The number of likely N-dealkylation sites (N-methyl/N-ethyl adjacent to an activating group) is 1. The summed E-state index contributed by atoms with van der Waals surface area (Å²) in [5, 5.41) is 5.13. The minimum atomic E-state index is -4.65. The van der Waals surface area contributed by atoms with Crippen LogP contribution in [0.4, 0.5) is 24.5 Å². The van der Waals surface area contributed by atoms with Crippen LogP contribution in [0.5, 0.6) is 0 Å². The molecule has 0 spiro atoms. The first-order chi connectivity index (χ1) is 13.5. The summed E-state index contributed by atoms with van der Waals surface area (Å²) in [5.41, 5.74) is 0.0294. The number of anilines is 2. The summed E-state index contributed by atoms with van der Waals surface area (Å²) in [5.74, 6) is -0.674. The Balaban J connectivity index is 2.04. The summed E-state index contributed by atoms with van der Waals surface area (Å²) in [7, 11) is 3.34. The fourth-order valence-electron chi connectivity index (χ4n) is 2.47. The third kappa shape index (κ3) is 6.39. The molecule has 2 aromatic rings. The van der Waals surface area contributed by atoms with Crippen LogP contribution in [0.2, 0.25) is 5.02 Å². The smallest absolute Gasteiger partial charge is 0.374 e. The van der Waals surface area contributed by atoms with Crippen molar-refractivity contribution in [2.75, 3.05) is 24.7 Å². The molecule has 0 radical (unpaired) electrons. The van der Waals surface area contributed by atoms with Gasteiger partial charge in [-0.05, 0) is 42.8 Å². The molecule has 0 bridgehead atoms. The van der Waals surface area contributed by atoms with Gasteiger partial charge in [0, 0.05) is 24.8 Å². The van der Waals surface area contributed by atoms with E-state index in [9.17, 15) is 22.8 Å². The van der Waals surface area contributed by atoms with Gasteiger partial charge in [-0.1, -0.05) is 23.7 Å². The van der Waals surface area contributed by atoms with Crippen LogP contribution in [0.15, 0.2) is 42.5 Å². The first-order valence-corrected chi connectivity index (χ1v) is 9.08. The normalized spacial score (nSPS) is 12.2. The van der Waals surface area contributed by atoms with Crippen molar-refractivity contribution in [3.05, 3.63) is 58.6 Å². The third-order valence-corrected chi connectivity index (χ3v) is 4.36. The highest BCUT2D eigenvalue weighted by molar-refractivity contribution is 6.30. The van der Waals surface area contributed by atoms with Crippen LogP contribution < -0.4 is 10.6 Å². The predicted octanol–water partition coefficient (Wildman–Crippen LogP) is 4.43. The zero-order chi connectivity index (χ0) is 21.8. The lowest BCUT2D eigenvalue weighted by Crippen LogP contribution is -2.32. The van der Waals surface area contributed by atoms with E-state index in [1.54, 1.807) is 38.4 Å². The van der Waals surface area contributed by atoms with Gasteiger partial charge in [-0.25, -0.2) is 0 Å². The van der Waals surface area contributed by atoms with E-state index in [4.69, 9.17) is 11.6 Å². The molecule has 2 amide bonds. The number of alkyl halides is 3. The van der Waals surface area contributed by atoms with E-state index in [-0.39, 0.29) is 23.0 Å². The first kappa shape index (κ1) is 22.5. The lowest BCUT2D eigenvalue weighted by Gasteiger charge is -2.18. The topological polar surface area (TPSA) is 61.4 Å². The predicted molar refractivity (Wildman–Crippen MR) is 107 cm³/mol. The number of hydrogen-bond donors (Lipinski definition) is 2. The molecule has 0 heterocycles. The van der Waals surface area contributed by atoms with Crippen LogP contribution >= 0.6 is 11.6 Å². The van der Waals surface area contributed by atoms with E-state index in [1.807, 2.05) is 0 Å². The molecule has 0 aliphatic rings. The molecule has 2 rings (SSSR count). The zero-order valence-electron chi connectivity index (χ0n) is 16.1. The van der Waals surface area contributed by atoms with Crippen LogP contribution in [0.3, 0.4) is 0 Å². The van der Waals surface area contributed by atoms with Gasteiger partial charge in [0.25, 0.3) is 0 Å². The second kappa shape index (κ2) is 9.17. The SMILES string of the molecule is CC(Nc1ccc(CC(=O)N(C)C)cc1)C(=O)Nc1ccc(Cl)cc1C(F)(F)F. The Morgan fingerprint density at radius 3 is 2.28 bits per heavy atom. The van der Waals surface area contributed by atoms with Gasteiger partial charge in [0.05, 0.1) is 17.7 Å². The van der Waals surface area contributed by atoms with Crippen LogP contribution in [-0.4, -0.2) is 36.9 Å². The summed E-state index contributed by atoms with van der Waals surface area (Å²) in [6.07, 6.45) is -4.40. The maximum absolute atomic E-state index is 13.2. The Hall–Kier alpha value is -2.74. The number of benzene rings is 2. The number of nitrogens with zero attached hydrogens (tertiary/aromatic N) is 1. The second-order valence-corrected chi connectivity index (χ2v) is 7.14. The molecule has 1 atom stereocenters. The summed E-state index contributed by atoms with van der Waals surface area (Å²) in [6.45, 7) is 1.53. The molecule has 2 aromatic carbocycles. The number of carbonyl (C=O) groups excluding carboxylic acids is 2. The average molecular weight is 428 g/mol. The Kier molecular flexibility index (Phi) is 7.13. The fourth-order valence-corrected chi connectivity index (χ4v) is 2.64. The maximum Gasteiger partial charge on any atom is 0.418 e. The Labute approximate surface area is 171 Å². The Bertz CT molecular complexity index is 884. The quantitative estimate of drug-likeness (QED) is 0.717. The van der Waals surface area contributed by atoms with Crippen molar-refractivity contribution in [1.82, 2.24) is 4.90 Å². The van der Waals surface area contributed by atoms with Crippen molar-refractivity contribution in [3.8, 4) is 0 Å². The molecule has 2 N–H and O–H groups in total. The molecule has 1 unspecified atom stereocenters. The average Bonchev–Trinajstić information content (AvgIpc) is 2.63. The molecular formula is C20H21ClF3N3O2. The number of hydrogen-bond acceptors (Lipinski definition) is 3. The number of carbonyl (C=O) groups is 2. The highest BCUT2D eigenvalue weighted by atomic mass is 35.5. The highest BCUT2D eigenvalue weighted by Crippen LogP contribution is 2.36. The Morgan fingerprint density at radius 1 is 1.10 bits per heavy atom. The first-order valence-electron chi connectivity index (χ1n) is 8.70. The lowest BCUT2D eigenvalue weighted by atomic mass is 10.1. The fraction of sp³-hybridized carbons (Fsp3) is 0.300. The van der Waals surface area contributed by atoms with Gasteiger partial charge in [-0.15, -0.1) is 0 Å². The molecule has 0 saturated heterocycles. The molecule has 0 aliphatic carbocycles. The van der Waals surface area contributed by atoms with Gasteiger partial charge in [0.1, 0.15) is 6.04 Å². The van der Waals surface area contributed by atoms with E-state index in [0.717, 1.165) is 17.7 Å². The molecule has 0 fully saturated rings. The largest absolute Gasteiger partial charge is 0.418 e. The van der Waals surface area contributed by atoms with Gasteiger partial charge in [0.2, 0.25) is 11.8 Å². The van der Waals surface area contributed by atoms with Crippen molar-refractivity contribution in [2.45, 2.75) is 25.6 Å². The molecule has 5 nitrogen and oxygen atoms in total. The van der Waals surface area contributed by atoms with Crippen molar-refractivity contribution in [3.63, 3.8) is 0 Å². The summed E-state index contributed by atoms with van der Waals surface area (Å²) in [6, 6.07) is 9.25. The number of rotatable bonds is 6. The second-order valence-electron chi connectivity index (χ2n) is 6.70. The van der Waals surface area contributed by atoms with E-state index < -0.39 is 23.7 Å². The van der Waals surface area contributed by atoms with Crippen molar-refractivity contribution < 1.29 is 22.8 Å². The molecule has 0 saturated carbocycles. The molecule has 156 valence electrons. The standard InChI is InChI=1S/C20H21ClF3N3O2/c1-12(25-15-7-4-13(5-8-15)10-18(28)27(2)3)19(29)26-17-9-6-14(21)11-16(17)20(22,23)24/h4-9,11-12,25H,10H2,1-3H3,(H,26,29). The highest BCUT2D eigenvalue weighted by Gasteiger charge is 2.34. The summed E-state index contributed by atoms with van der Waals surface area (Å²) in [4.78, 5) is 25.6. The van der Waals surface area contributed by atoms with Gasteiger partial charge < -0.3 is 15.5 Å². The minimum absolute atomic E-state index is 0.0399. The van der Waals surface area contributed by atoms with E-state index in [0.29, 0.717) is 5.69 Å². The van der Waals surface area contributed by atoms with Crippen molar-refractivity contribution >= 4 is 34.8 Å². The molecule has 0 aliphatic heterocycles. The zero-order valence-corrected chi connectivity index (χ0v) is 16.9. The number of halogens is 4. The molecular weight excluding hydrogens is 407 g/mol. The van der Waals surface area contributed by atoms with E-state index in [2.05, 4.69) is 10.6 Å². The van der Waals surface area contributed by atoms with Gasteiger partial charge >= 0.3 is 6.18 Å². The van der Waals surface area contributed by atoms with Crippen LogP contribution in [0, 0.1) is 0 Å². The minimum Gasteiger partial charge on any atom is -0.374 e. The van der Waals surface area contributed by atoms with Crippen LogP contribution in [0.25, 0.3) is 0 Å². The molecule has 9 heteroatoms. The number of amides is 2. The number of nitrogens with one attached hydrogen (secondary N) is 2. The monoisotopic (exact) mass is 427 g/mol.